The maximum absolute atomic E-state index is 13.4. The van der Waals surface area contributed by atoms with Crippen molar-refractivity contribution in [1.82, 2.24) is 4.98 Å². The van der Waals surface area contributed by atoms with Gasteiger partial charge in [0.15, 0.2) is 0 Å². The molecule has 0 saturated heterocycles. The molecule has 0 unspecified atom stereocenters. The van der Waals surface area contributed by atoms with E-state index in [9.17, 15) is 9.18 Å². The predicted octanol–water partition coefficient (Wildman–Crippen LogP) is 2.38. The molecule has 4 heteroatoms. The monoisotopic (exact) mass is 205 g/mol. The van der Waals surface area contributed by atoms with Gasteiger partial charge in [-0.2, -0.15) is 0 Å². The number of halogens is 1. The van der Waals surface area contributed by atoms with Crippen molar-refractivity contribution in [3.63, 3.8) is 0 Å². The highest BCUT2D eigenvalue weighted by molar-refractivity contribution is 6.03. The molecule has 0 aliphatic heterocycles. The van der Waals surface area contributed by atoms with E-state index in [1.54, 1.807) is 13.0 Å². The first-order valence-corrected chi connectivity index (χ1v) is 4.38. The van der Waals surface area contributed by atoms with Gasteiger partial charge in [0.05, 0.1) is 5.56 Å². The van der Waals surface area contributed by atoms with Crippen LogP contribution in [0.15, 0.2) is 24.4 Å². The molecule has 1 heterocycles. The van der Waals surface area contributed by atoms with E-state index in [-0.39, 0.29) is 11.1 Å². The summed E-state index contributed by atoms with van der Waals surface area (Å²) in [4.78, 5) is 14.8. The van der Waals surface area contributed by atoms with E-state index in [2.05, 4.69) is 4.98 Å². The quantitative estimate of drug-likeness (QED) is 0.777. The third kappa shape index (κ3) is 1.44. The molecule has 2 rings (SSSR count). The Bertz CT molecular complexity index is 552. The smallest absolute Gasteiger partial charge is 0.336 e. The zero-order valence-corrected chi connectivity index (χ0v) is 7.99. The van der Waals surface area contributed by atoms with Gasteiger partial charge in [0.2, 0.25) is 0 Å². The molecule has 3 nitrogen and oxygen atoms in total. The normalized spacial score (nSPS) is 10.5. The van der Waals surface area contributed by atoms with Crippen LogP contribution in [0, 0.1) is 12.7 Å². The van der Waals surface area contributed by atoms with Gasteiger partial charge in [0.1, 0.15) is 11.3 Å². The molecular weight excluding hydrogens is 197 g/mol. The van der Waals surface area contributed by atoms with Crippen LogP contribution in [-0.4, -0.2) is 16.1 Å². The number of fused-ring (bicyclic) bond motifs is 1. The molecule has 0 fully saturated rings. The van der Waals surface area contributed by atoms with Crippen molar-refractivity contribution < 1.29 is 14.3 Å². The Labute approximate surface area is 85.2 Å². The fourth-order valence-electron chi connectivity index (χ4n) is 1.58. The van der Waals surface area contributed by atoms with Crippen molar-refractivity contribution in [2.75, 3.05) is 0 Å². The molecule has 0 spiro atoms. The van der Waals surface area contributed by atoms with Gasteiger partial charge < -0.3 is 5.11 Å². The first-order chi connectivity index (χ1) is 7.11. The first kappa shape index (κ1) is 9.58. The molecule has 0 aliphatic rings. The number of hydrogen-bond acceptors (Lipinski definition) is 2. The summed E-state index contributed by atoms with van der Waals surface area (Å²) in [6.45, 7) is 1.73. The van der Waals surface area contributed by atoms with Gasteiger partial charge in [0.25, 0.3) is 0 Å². The number of carbonyl (C=O) groups is 1. The van der Waals surface area contributed by atoms with Gasteiger partial charge in [0, 0.05) is 11.6 Å². The Morgan fingerprint density at radius 2 is 2.13 bits per heavy atom. The van der Waals surface area contributed by atoms with Gasteiger partial charge in [-0.15, -0.1) is 0 Å². The molecule has 76 valence electrons. The Balaban J connectivity index is 2.96. The predicted molar refractivity (Wildman–Crippen MR) is 53.4 cm³/mol. The van der Waals surface area contributed by atoms with E-state index in [1.807, 2.05) is 0 Å². The number of nitrogens with zero attached hydrogens (tertiary/aromatic N) is 1. The third-order valence-electron chi connectivity index (χ3n) is 2.28. The maximum Gasteiger partial charge on any atom is 0.336 e. The second-order valence-corrected chi connectivity index (χ2v) is 3.25. The summed E-state index contributed by atoms with van der Waals surface area (Å²) >= 11 is 0. The first-order valence-electron chi connectivity index (χ1n) is 4.38. The van der Waals surface area contributed by atoms with Crippen LogP contribution in [0.2, 0.25) is 0 Å². The molecule has 0 atom stereocenters. The van der Waals surface area contributed by atoms with Crippen LogP contribution in [-0.2, 0) is 0 Å². The van der Waals surface area contributed by atoms with Gasteiger partial charge in [-0.3, -0.25) is 4.98 Å². The van der Waals surface area contributed by atoms with Crippen molar-refractivity contribution in [3.8, 4) is 0 Å². The highest BCUT2D eigenvalue weighted by Crippen LogP contribution is 2.23. The second-order valence-electron chi connectivity index (χ2n) is 3.25. The van der Waals surface area contributed by atoms with Crippen LogP contribution < -0.4 is 0 Å². The minimum atomic E-state index is -1.07. The Hall–Kier alpha value is -1.97. The van der Waals surface area contributed by atoms with Gasteiger partial charge in [-0.1, -0.05) is 6.07 Å². The van der Waals surface area contributed by atoms with E-state index in [0.29, 0.717) is 10.9 Å². The molecule has 1 aromatic carbocycles. The summed E-state index contributed by atoms with van der Waals surface area (Å²) < 4.78 is 13.4. The number of rotatable bonds is 1. The lowest BCUT2D eigenvalue weighted by molar-refractivity contribution is 0.0699. The molecule has 1 aromatic heterocycles. The van der Waals surface area contributed by atoms with Crippen molar-refractivity contribution in [3.05, 3.63) is 41.3 Å². The number of aryl methyl sites for hydroxylation is 1. The molecule has 15 heavy (non-hydrogen) atoms. The van der Waals surface area contributed by atoms with E-state index in [4.69, 9.17) is 5.11 Å². The molecular formula is C11H8FNO2. The standard InChI is InChI=1S/C11H8FNO2/c1-6-2-3-8(12)10-9(6)7(11(14)15)4-5-13-10/h2-5H,1H3,(H,14,15). The van der Waals surface area contributed by atoms with Crippen molar-refractivity contribution >= 4 is 16.9 Å². The topological polar surface area (TPSA) is 50.2 Å². The molecule has 0 amide bonds. The summed E-state index contributed by atoms with van der Waals surface area (Å²) in [5.74, 6) is -1.57. The van der Waals surface area contributed by atoms with Crippen LogP contribution in [0.1, 0.15) is 15.9 Å². The highest BCUT2D eigenvalue weighted by Gasteiger charge is 2.13. The van der Waals surface area contributed by atoms with Crippen molar-refractivity contribution in [1.29, 1.82) is 0 Å². The molecule has 0 aliphatic carbocycles. The molecule has 0 bridgehead atoms. The summed E-state index contributed by atoms with van der Waals surface area (Å²) in [6, 6.07) is 4.21. The lowest BCUT2D eigenvalue weighted by Crippen LogP contribution is -2.00. The van der Waals surface area contributed by atoms with Crippen molar-refractivity contribution in [2.45, 2.75) is 6.92 Å². The lowest BCUT2D eigenvalue weighted by Gasteiger charge is -2.05. The second kappa shape index (κ2) is 3.31. The number of aromatic carboxylic acids is 1. The van der Waals surface area contributed by atoms with E-state index >= 15 is 0 Å². The van der Waals surface area contributed by atoms with E-state index < -0.39 is 11.8 Å². The molecule has 1 N–H and O–H groups in total. The molecule has 0 saturated carbocycles. The van der Waals surface area contributed by atoms with Gasteiger partial charge in [-0.25, -0.2) is 9.18 Å². The van der Waals surface area contributed by atoms with Crippen molar-refractivity contribution in [2.24, 2.45) is 0 Å². The SMILES string of the molecule is Cc1ccc(F)c2nccc(C(=O)O)c12. The van der Waals surface area contributed by atoms with Crippen LogP contribution in [0.5, 0.6) is 0 Å². The number of pyridine rings is 1. The summed E-state index contributed by atoms with van der Waals surface area (Å²) in [7, 11) is 0. The molecule has 2 aromatic rings. The maximum atomic E-state index is 13.4. The number of carboxylic acids is 1. The van der Waals surface area contributed by atoms with Crippen LogP contribution in [0.25, 0.3) is 10.9 Å². The number of hydrogen-bond donors (Lipinski definition) is 1. The van der Waals surface area contributed by atoms with Gasteiger partial charge >= 0.3 is 5.97 Å². The fraction of sp³-hybridized carbons (Fsp3) is 0.0909. The minimum absolute atomic E-state index is 0.0806. The Morgan fingerprint density at radius 3 is 2.80 bits per heavy atom. The Kier molecular flexibility index (Phi) is 2.11. The number of carboxylic acid groups (broad SMARTS) is 1. The minimum Gasteiger partial charge on any atom is -0.478 e. The average molecular weight is 205 g/mol. The third-order valence-corrected chi connectivity index (χ3v) is 2.28. The van der Waals surface area contributed by atoms with Crippen LogP contribution >= 0.6 is 0 Å². The molecule has 0 radical (unpaired) electrons. The van der Waals surface area contributed by atoms with Crippen LogP contribution in [0.3, 0.4) is 0 Å². The van der Waals surface area contributed by atoms with E-state index in [0.717, 1.165) is 0 Å². The zero-order valence-electron chi connectivity index (χ0n) is 7.99. The largest absolute Gasteiger partial charge is 0.478 e. The summed E-state index contributed by atoms with van der Waals surface area (Å²) in [5, 5.41) is 9.31. The average Bonchev–Trinajstić information content (AvgIpc) is 2.23. The zero-order chi connectivity index (χ0) is 11.0. The van der Waals surface area contributed by atoms with E-state index in [1.165, 1.54) is 18.3 Å². The fourth-order valence-corrected chi connectivity index (χ4v) is 1.58. The lowest BCUT2D eigenvalue weighted by atomic mass is 10.0. The Morgan fingerprint density at radius 1 is 1.40 bits per heavy atom. The van der Waals surface area contributed by atoms with Gasteiger partial charge in [-0.05, 0) is 24.6 Å². The number of aromatic nitrogens is 1. The number of benzene rings is 1. The highest BCUT2D eigenvalue weighted by atomic mass is 19.1. The summed E-state index contributed by atoms with van der Waals surface area (Å²) in [6.07, 6.45) is 1.30. The van der Waals surface area contributed by atoms with Crippen LogP contribution in [0.4, 0.5) is 4.39 Å². The summed E-state index contributed by atoms with van der Waals surface area (Å²) in [5.41, 5.74) is 0.892.